The van der Waals surface area contributed by atoms with Gasteiger partial charge in [0.05, 0.1) is 35.2 Å². The molecule has 0 aromatic carbocycles. The van der Waals surface area contributed by atoms with E-state index in [1.165, 1.54) is 22.8 Å². The highest BCUT2D eigenvalue weighted by atomic mass is 19.4. The number of nitrogens with zero attached hydrogens (tertiary/aromatic N) is 2. The molecule has 3 rings (SSSR count). The van der Waals surface area contributed by atoms with Gasteiger partial charge >= 0.3 is 12.1 Å². The van der Waals surface area contributed by atoms with Gasteiger partial charge in [-0.3, -0.25) is 0 Å². The molecule has 2 aromatic heterocycles. The van der Waals surface area contributed by atoms with Crippen LogP contribution < -0.4 is 0 Å². The lowest BCUT2D eigenvalue weighted by atomic mass is 10.0. The zero-order valence-electron chi connectivity index (χ0n) is 12.5. The second kappa shape index (κ2) is 5.77. The quantitative estimate of drug-likeness (QED) is 0.473. The molecule has 1 aliphatic rings. The van der Waals surface area contributed by atoms with Crippen molar-refractivity contribution >= 4 is 12.0 Å². The van der Waals surface area contributed by atoms with Crippen molar-refractivity contribution < 1.29 is 27.1 Å². The molecule has 0 N–H and O–H groups in total. The van der Waals surface area contributed by atoms with Gasteiger partial charge in [-0.2, -0.15) is 17.6 Å². The van der Waals surface area contributed by atoms with Crippen LogP contribution in [0.4, 0.5) is 17.6 Å². The van der Waals surface area contributed by atoms with Gasteiger partial charge in [0.2, 0.25) is 5.95 Å². The van der Waals surface area contributed by atoms with E-state index in [4.69, 9.17) is 0 Å². The SMILES string of the molecule is COC(=O)c1c(C(F)(F)F)c(-c2cccnc2F)n2c1C=CCC2. The molecule has 0 unspecified atom stereocenters. The molecule has 0 radical (unpaired) electrons. The molecule has 0 fully saturated rings. The summed E-state index contributed by atoms with van der Waals surface area (Å²) in [5, 5.41) is 0. The first-order valence-electron chi connectivity index (χ1n) is 7.05. The van der Waals surface area contributed by atoms with E-state index in [2.05, 4.69) is 9.72 Å². The number of hydrogen-bond acceptors (Lipinski definition) is 3. The van der Waals surface area contributed by atoms with Crippen molar-refractivity contribution in [3.63, 3.8) is 0 Å². The number of pyridine rings is 1. The Bertz CT molecular complexity index is 837. The van der Waals surface area contributed by atoms with E-state index in [9.17, 15) is 22.4 Å². The highest BCUT2D eigenvalue weighted by molar-refractivity contribution is 5.98. The van der Waals surface area contributed by atoms with E-state index in [1.807, 2.05) is 0 Å². The molecule has 0 spiro atoms. The van der Waals surface area contributed by atoms with Crippen LogP contribution in [0.2, 0.25) is 0 Å². The standard InChI is InChI=1S/C16H12F4N2O2/c1-24-15(23)11-10-6-2-3-8-22(10)13(12(11)16(18,19)20)9-5-4-7-21-14(9)17/h2,4-7H,3,8H2,1H3. The number of alkyl halides is 3. The van der Waals surface area contributed by atoms with Crippen LogP contribution in [0.15, 0.2) is 24.4 Å². The van der Waals surface area contributed by atoms with Gasteiger partial charge in [-0.25, -0.2) is 9.78 Å². The maximum absolute atomic E-state index is 14.1. The van der Waals surface area contributed by atoms with E-state index in [1.54, 1.807) is 6.08 Å². The molecule has 126 valence electrons. The van der Waals surface area contributed by atoms with Crippen LogP contribution in [0, 0.1) is 5.95 Å². The van der Waals surface area contributed by atoms with Crippen molar-refractivity contribution in [2.75, 3.05) is 7.11 Å². The molecule has 0 atom stereocenters. The second-order valence-corrected chi connectivity index (χ2v) is 5.16. The Morgan fingerprint density at radius 3 is 2.75 bits per heavy atom. The normalized spacial score (nSPS) is 13.7. The zero-order valence-corrected chi connectivity index (χ0v) is 12.5. The summed E-state index contributed by atoms with van der Waals surface area (Å²) in [5.41, 5.74) is -2.48. The van der Waals surface area contributed by atoms with Crippen LogP contribution in [0.1, 0.15) is 28.0 Å². The van der Waals surface area contributed by atoms with E-state index in [0.29, 0.717) is 6.42 Å². The number of carbonyl (C=O) groups is 1. The Morgan fingerprint density at radius 2 is 2.12 bits per heavy atom. The number of allylic oxidation sites excluding steroid dienone is 1. The van der Waals surface area contributed by atoms with Crippen LogP contribution >= 0.6 is 0 Å². The van der Waals surface area contributed by atoms with Gasteiger partial charge in [-0.1, -0.05) is 6.08 Å². The predicted octanol–water partition coefficient (Wildman–Crippen LogP) is 3.91. The average Bonchev–Trinajstić information content (AvgIpc) is 2.90. The number of ether oxygens (including phenoxy) is 1. The van der Waals surface area contributed by atoms with Gasteiger partial charge < -0.3 is 9.30 Å². The van der Waals surface area contributed by atoms with Gasteiger partial charge in [-0.05, 0) is 24.6 Å². The van der Waals surface area contributed by atoms with Gasteiger partial charge in [0, 0.05) is 12.7 Å². The summed E-state index contributed by atoms with van der Waals surface area (Å²) < 4.78 is 61.1. The molecule has 4 nitrogen and oxygen atoms in total. The van der Waals surface area contributed by atoms with E-state index in [0.717, 1.165) is 13.3 Å². The number of halogens is 4. The minimum absolute atomic E-state index is 0.0543. The smallest absolute Gasteiger partial charge is 0.419 e. The molecule has 2 aromatic rings. The van der Waals surface area contributed by atoms with Gasteiger partial charge in [0.15, 0.2) is 0 Å². The molecular weight excluding hydrogens is 328 g/mol. The molecule has 1 aliphatic heterocycles. The summed E-state index contributed by atoms with van der Waals surface area (Å²) in [6.45, 7) is 0.190. The minimum Gasteiger partial charge on any atom is -0.465 e. The summed E-state index contributed by atoms with van der Waals surface area (Å²) in [7, 11) is 1.00. The average molecular weight is 340 g/mol. The molecule has 24 heavy (non-hydrogen) atoms. The number of esters is 1. The molecule has 0 saturated carbocycles. The third-order valence-electron chi connectivity index (χ3n) is 3.79. The fourth-order valence-corrected chi connectivity index (χ4v) is 2.87. The van der Waals surface area contributed by atoms with Crippen LogP contribution in [-0.4, -0.2) is 22.6 Å². The largest absolute Gasteiger partial charge is 0.465 e. The van der Waals surface area contributed by atoms with Crippen LogP contribution in [0.3, 0.4) is 0 Å². The minimum atomic E-state index is -4.86. The third-order valence-corrected chi connectivity index (χ3v) is 3.79. The summed E-state index contributed by atoms with van der Waals surface area (Å²) >= 11 is 0. The highest BCUT2D eigenvalue weighted by Gasteiger charge is 2.44. The summed E-state index contributed by atoms with van der Waals surface area (Å²) in [6.07, 6.45) is -0.171. The predicted molar refractivity (Wildman–Crippen MR) is 77.6 cm³/mol. The van der Waals surface area contributed by atoms with E-state index in [-0.39, 0.29) is 17.8 Å². The lowest BCUT2D eigenvalue weighted by Gasteiger charge is -2.15. The maximum atomic E-state index is 14.1. The monoisotopic (exact) mass is 340 g/mol. The van der Waals surface area contributed by atoms with Crippen molar-refractivity contribution in [1.82, 2.24) is 9.55 Å². The maximum Gasteiger partial charge on any atom is 0.419 e. The lowest BCUT2D eigenvalue weighted by Crippen LogP contribution is -2.14. The Hall–Kier alpha value is -2.64. The molecule has 0 aliphatic carbocycles. The first-order chi connectivity index (χ1) is 11.4. The van der Waals surface area contributed by atoms with E-state index < -0.39 is 34.9 Å². The van der Waals surface area contributed by atoms with Gasteiger partial charge in [-0.15, -0.1) is 0 Å². The highest BCUT2D eigenvalue weighted by Crippen LogP contribution is 2.44. The molecule has 8 heteroatoms. The first-order valence-corrected chi connectivity index (χ1v) is 7.05. The summed E-state index contributed by atoms with van der Waals surface area (Å²) in [6, 6.07) is 2.55. The van der Waals surface area contributed by atoms with Crippen molar-refractivity contribution in [3.05, 3.63) is 47.2 Å². The topological polar surface area (TPSA) is 44.1 Å². The second-order valence-electron chi connectivity index (χ2n) is 5.16. The Kier molecular flexibility index (Phi) is 3.90. The van der Waals surface area contributed by atoms with Crippen molar-refractivity contribution in [2.45, 2.75) is 19.1 Å². The number of aromatic nitrogens is 2. The summed E-state index contributed by atoms with van der Waals surface area (Å²) in [4.78, 5) is 15.4. The number of carbonyl (C=O) groups excluding carboxylic acids is 1. The number of methoxy groups -OCH3 is 1. The molecular formula is C16H12F4N2O2. The molecule has 3 heterocycles. The van der Waals surface area contributed by atoms with Crippen LogP contribution in [0.25, 0.3) is 17.3 Å². The zero-order chi connectivity index (χ0) is 17.5. The molecule has 0 amide bonds. The Balaban J connectivity index is 2.45. The van der Waals surface area contributed by atoms with Crippen molar-refractivity contribution in [3.8, 4) is 11.3 Å². The van der Waals surface area contributed by atoms with Crippen LogP contribution in [-0.2, 0) is 17.5 Å². The Morgan fingerprint density at radius 1 is 1.38 bits per heavy atom. The first kappa shape index (κ1) is 16.2. The summed E-state index contributed by atoms with van der Waals surface area (Å²) in [5.74, 6) is -2.15. The van der Waals surface area contributed by atoms with Crippen LogP contribution in [0.5, 0.6) is 0 Å². The number of rotatable bonds is 2. The van der Waals surface area contributed by atoms with E-state index >= 15 is 0 Å². The lowest BCUT2D eigenvalue weighted by molar-refractivity contribution is -0.137. The fourth-order valence-electron chi connectivity index (χ4n) is 2.87. The molecule has 0 saturated heterocycles. The van der Waals surface area contributed by atoms with Gasteiger partial charge in [0.1, 0.15) is 0 Å². The third kappa shape index (κ3) is 2.47. The van der Waals surface area contributed by atoms with Crippen molar-refractivity contribution in [1.29, 1.82) is 0 Å². The van der Waals surface area contributed by atoms with Gasteiger partial charge in [0.25, 0.3) is 0 Å². The van der Waals surface area contributed by atoms with Crippen molar-refractivity contribution in [2.24, 2.45) is 0 Å². The number of hydrogen-bond donors (Lipinski definition) is 0. The fraction of sp³-hybridized carbons (Fsp3) is 0.250. The molecule has 0 bridgehead atoms. The Labute approximate surface area is 134 Å². The number of fused-ring (bicyclic) bond motifs is 1.